The van der Waals surface area contributed by atoms with Crippen molar-refractivity contribution in [1.82, 2.24) is 8.61 Å². The third-order valence-corrected chi connectivity index (χ3v) is 4.96. The summed E-state index contributed by atoms with van der Waals surface area (Å²) in [7, 11) is -0.180. The molecule has 0 heterocycles. The highest BCUT2D eigenvalue weighted by molar-refractivity contribution is 7.86. The van der Waals surface area contributed by atoms with Crippen LogP contribution in [0.25, 0.3) is 0 Å². The molecular weight excluding hydrogens is 236 g/mol. The van der Waals surface area contributed by atoms with E-state index >= 15 is 0 Å². The normalized spacial score (nSPS) is 19.3. The number of hydrogen-bond acceptors (Lipinski definition) is 2. The SMILES string of the molecule is CN(C)S(=O)(=O)N(CCCl)C1CCCC1. The van der Waals surface area contributed by atoms with Crippen LogP contribution in [0.4, 0.5) is 0 Å². The van der Waals surface area contributed by atoms with Gasteiger partial charge in [0.25, 0.3) is 10.2 Å². The van der Waals surface area contributed by atoms with Gasteiger partial charge in [-0.3, -0.25) is 0 Å². The third kappa shape index (κ3) is 3.06. The van der Waals surface area contributed by atoms with Crippen molar-refractivity contribution in [2.45, 2.75) is 31.7 Å². The minimum absolute atomic E-state index is 0.149. The Bertz CT molecular complexity index is 286. The summed E-state index contributed by atoms with van der Waals surface area (Å²) in [4.78, 5) is 0. The van der Waals surface area contributed by atoms with Gasteiger partial charge in [0.05, 0.1) is 0 Å². The summed E-state index contributed by atoms with van der Waals surface area (Å²) >= 11 is 5.66. The largest absolute Gasteiger partial charge is 0.281 e. The smallest absolute Gasteiger partial charge is 0.195 e. The van der Waals surface area contributed by atoms with Crippen LogP contribution in [0.15, 0.2) is 0 Å². The highest BCUT2D eigenvalue weighted by Gasteiger charge is 2.32. The first-order valence-electron chi connectivity index (χ1n) is 5.25. The molecule has 0 aromatic carbocycles. The van der Waals surface area contributed by atoms with Crippen LogP contribution in [-0.4, -0.2) is 49.6 Å². The van der Waals surface area contributed by atoms with E-state index in [-0.39, 0.29) is 6.04 Å². The Hall–Kier alpha value is 0.160. The van der Waals surface area contributed by atoms with Crippen LogP contribution in [0, 0.1) is 0 Å². The Morgan fingerprint density at radius 3 is 2.20 bits per heavy atom. The van der Waals surface area contributed by atoms with E-state index in [2.05, 4.69) is 0 Å². The van der Waals surface area contributed by atoms with E-state index in [1.165, 1.54) is 4.31 Å². The van der Waals surface area contributed by atoms with Gasteiger partial charge in [-0.1, -0.05) is 12.8 Å². The lowest BCUT2D eigenvalue weighted by atomic mass is 10.2. The van der Waals surface area contributed by atoms with Gasteiger partial charge >= 0.3 is 0 Å². The molecule has 1 aliphatic carbocycles. The van der Waals surface area contributed by atoms with E-state index in [1.54, 1.807) is 18.4 Å². The average Bonchev–Trinajstić information content (AvgIpc) is 2.66. The Morgan fingerprint density at radius 2 is 1.80 bits per heavy atom. The highest BCUT2D eigenvalue weighted by Crippen LogP contribution is 2.26. The number of rotatable bonds is 5. The van der Waals surface area contributed by atoms with E-state index in [4.69, 9.17) is 11.6 Å². The van der Waals surface area contributed by atoms with Crippen molar-refractivity contribution in [1.29, 1.82) is 0 Å². The Labute approximate surface area is 97.4 Å². The second-order valence-electron chi connectivity index (χ2n) is 4.03. The number of alkyl halides is 1. The van der Waals surface area contributed by atoms with E-state index in [9.17, 15) is 8.42 Å². The minimum atomic E-state index is -3.30. The summed E-state index contributed by atoms with van der Waals surface area (Å²) in [5, 5.41) is 0. The van der Waals surface area contributed by atoms with Gasteiger partial charge in [0, 0.05) is 32.6 Å². The summed E-state index contributed by atoms with van der Waals surface area (Å²) in [6.45, 7) is 0.409. The second-order valence-corrected chi connectivity index (χ2v) is 6.50. The lowest BCUT2D eigenvalue weighted by Crippen LogP contribution is -2.46. The maximum atomic E-state index is 12.0. The van der Waals surface area contributed by atoms with Gasteiger partial charge in [-0.05, 0) is 12.8 Å². The van der Waals surface area contributed by atoms with Crippen molar-refractivity contribution in [3.63, 3.8) is 0 Å². The Kier molecular flexibility index (Phi) is 4.83. The molecule has 1 fully saturated rings. The monoisotopic (exact) mass is 254 g/mol. The van der Waals surface area contributed by atoms with Crippen molar-refractivity contribution in [2.24, 2.45) is 0 Å². The van der Waals surface area contributed by atoms with Crippen molar-refractivity contribution >= 4 is 21.8 Å². The molecule has 90 valence electrons. The zero-order valence-electron chi connectivity index (χ0n) is 9.32. The van der Waals surface area contributed by atoms with Crippen LogP contribution in [0.2, 0.25) is 0 Å². The predicted molar refractivity (Wildman–Crippen MR) is 62.3 cm³/mol. The fourth-order valence-corrected chi connectivity index (χ4v) is 3.58. The molecule has 0 aliphatic heterocycles. The molecule has 0 atom stereocenters. The first-order valence-corrected chi connectivity index (χ1v) is 7.18. The van der Waals surface area contributed by atoms with Crippen LogP contribution < -0.4 is 0 Å². The molecule has 1 rings (SSSR count). The van der Waals surface area contributed by atoms with Gasteiger partial charge in [-0.25, -0.2) is 0 Å². The Morgan fingerprint density at radius 1 is 1.27 bits per heavy atom. The van der Waals surface area contributed by atoms with Crippen molar-refractivity contribution in [2.75, 3.05) is 26.5 Å². The van der Waals surface area contributed by atoms with Gasteiger partial charge < -0.3 is 0 Å². The topological polar surface area (TPSA) is 40.6 Å². The maximum Gasteiger partial charge on any atom is 0.281 e. The molecule has 0 aromatic heterocycles. The predicted octanol–water partition coefficient (Wildman–Crippen LogP) is 1.28. The van der Waals surface area contributed by atoms with Crippen molar-refractivity contribution in [3.8, 4) is 0 Å². The molecule has 15 heavy (non-hydrogen) atoms. The molecular formula is C9H19ClN2O2S. The van der Waals surface area contributed by atoms with Crippen LogP contribution in [-0.2, 0) is 10.2 Å². The van der Waals surface area contributed by atoms with E-state index < -0.39 is 10.2 Å². The summed E-state index contributed by atoms with van der Waals surface area (Å²) in [5.41, 5.74) is 0. The van der Waals surface area contributed by atoms with Gasteiger partial charge in [-0.2, -0.15) is 17.0 Å². The molecule has 0 spiro atoms. The van der Waals surface area contributed by atoms with Crippen LogP contribution in [0.5, 0.6) is 0 Å². The number of hydrogen-bond donors (Lipinski definition) is 0. The van der Waals surface area contributed by atoms with Crippen LogP contribution in [0.1, 0.15) is 25.7 Å². The van der Waals surface area contributed by atoms with Gasteiger partial charge in [0.15, 0.2) is 0 Å². The molecule has 0 saturated heterocycles. The second kappa shape index (κ2) is 5.48. The molecule has 0 aromatic rings. The summed E-state index contributed by atoms with van der Waals surface area (Å²) in [6, 6.07) is 0.149. The number of nitrogens with zero attached hydrogens (tertiary/aromatic N) is 2. The van der Waals surface area contributed by atoms with Crippen molar-refractivity contribution in [3.05, 3.63) is 0 Å². The van der Waals surface area contributed by atoms with E-state index in [0.29, 0.717) is 12.4 Å². The fraction of sp³-hybridized carbons (Fsp3) is 1.00. The molecule has 0 amide bonds. The fourth-order valence-electron chi connectivity index (χ4n) is 1.97. The van der Waals surface area contributed by atoms with E-state index in [0.717, 1.165) is 25.7 Å². The zero-order valence-corrected chi connectivity index (χ0v) is 10.9. The molecule has 1 saturated carbocycles. The Balaban J connectivity index is 2.81. The van der Waals surface area contributed by atoms with Gasteiger partial charge in [0.2, 0.25) is 0 Å². The first kappa shape index (κ1) is 13.2. The zero-order chi connectivity index (χ0) is 11.5. The van der Waals surface area contributed by atoms with Gasteiger partial charge in [0.1, 0.15) is 0 Å². The highest BCUT2D eigenvalue weighted by atomic mass is 35.5. The van der Waals surface area contributed by atoms with Crippen LogP contribution in [0.3, 0.4) is 0 Å². The lowest BCUT2D eigenvalue weighted by molar-refractivity contribution is 0.314. The third-order valence-electron chi connectivity index (χ3n) is 2.79. The first-order chi connectivity index (χ1) is 7.00. The minimum Gasteiger partial charge on any atom is -0.195 e. The average molecular weight is 255 g/mol. The quantitative estimate of drug-likeness (QED) is 0.694. The summed E-state index contributed by atoms with van der Waals surface area (Å²) < 4.78 is 26.8. The lowest BCUT2D eigenvalue weighted by Gasteiger charge is -2.29. The summed E-state index contributed by atoms with van der Waals surface area (Å²) in [6.07, 6.45) is 4.16. The molecule has 0 N–H and O–H groups in total. The van der Waals surface area contributed by atoms with E-state index in [1.807, 2.05) is 0 Å². The van der Waals surface area contributed by atoms with Crippen molar-refractivity contribution < 1.29 is 8.42 Å². The standard InChI is InChI=1S/C9H19ClN2O2S/c1-11(2)15(13,14)12(8-7-10)9-5-3-4-6-9/h9H,3-8H2,1-2H3. The van der Waals surface area contributed by atoms with Crippen LogP contribution >= 0.6 is 11.6 Å². The molecule has 0 unspecified atom stereocenters. The molecule has 0 radical (unpaired) electrons. The molecule has 6 heteroatoms. The summed E-state index contributed by atoms with van der Waals surface area (Å²) in [5.74, 6) is 0.351. The maximum absolute atomic E-state index is 12.0. The molecule has 0 bridgehead atoms. The van der Waals surface area contributed by atoms with Gasteiger partial charge in [-0.15, -0.1) is 11.6 Å². The number of halogens is 1. The molecule has 1 aliphatic rings. The molecule has 4 nitrogen and oxygen atoms in total.